The Labute approximate surface area is 165 Å². The zero-order valence-corrected chi connectivity index (χ0v) is 16.2. The monoisotopic (exact) mass is 421 g/mol. The van der Waals surface area contributed by atoms with Gasteiger partial charge in [-0.1, -0.05) is 34.1 Å². The summed E-state index contributed by atoms with van der Waals surface area (Å²) in [4.78, 5) is 13.6. The molecule has 6 nitrogen and oxygen atoms in total. The number of rotatable bonds is 1. The van der Waals surface area contributed by atoms with Gasteiger partial charge in [-0.15, -0.1) is 0 Å². The Kier molecular flexibility index (Phi) is 4.79. The molecule has 2 atom stereocenters. The Balaban J connectivity index is 2.31. The molecule has 3 rings (SSSR count). The van der Waals surface area contributed by atoms with Gasteiger partial charge >= 0.3 is 0 Å². The lowest BCUT2D eigenvalue weighted by Gasteiger charge is -2.44. The van der Waals surface area contributed by atoms with Gasteiger partial charge in [-0.2, -0.15) is 15.8 Å². The van der Waals surface area contributed by atoms with Crippen LogP contribution in [-0.2, 0) is 4.79 Å². The Morgan fingerprint density at radius 3 is 2.59 bits per heavy atom. The maximum absolute atomic E-state index is 11.9. The Hall–Kier alpha value is -3.08. The van der Waals surface area contributed by atoms with E-state index in [1.807, 2.05) is 36.4 Å². The van der Waals surface area contributed by atoms with Gasteiger partial charge < -0.3 is 10.6 Å². The quantitative estimate of drug-likeness (QED) is 0.699. The van der Waals surface area contributed by atoms with E-state index >= 15 is 0 Å². The molecule has 0 fully saturated rings. The van der Waals surface area contributed by atoms with Gasteiger partial charge in [0.2, 0.25) is 11.3 Å². The molecule has 2 N–H and O–H groups in total. The highest BCUT2D eigenvalue weighted by Crippen LogP contribution is 2.52. The summed E-state index contributed by atoms with van der Waals surface area (Å²) in [6.45, 7) is 2.11. The van der Waals surface area contributed by atoms with Crippen molar-refractivity contribution in [2.75, 3.05) is 13.1 Å². The Morgan fingerprint density at radius 1 is 1.33 bits per heavy atom. The molecule has 7 heteroatoms. The van der Waals surface area contributed by atoms with Crippen LogP contribution < -0.4 is 5.73 Å². The summed E-state index contributed by atoms with van der Waals surface area (Å²) in [5.74, 6) is -0.909. The average molecular weight is 422 g/mol. The van der Waals surface area contributed by atoms with Crippen molar-refractivity contribution in [3.05, 3.63) is 57.2 Å². The highest BCUT2D eigenvalue weighted by molar-refractivity contribution is 9.10. The van der Waals surface area contributed by atoms with Crippen LogP contribution in [0.15, 0.2) is 51.7 Å². The van der Waals surface area contributed by atoms with E-state index in [0.29, 0.717) is 18.7 Å². The molecule has 1 amide bonds. The fraction of sp³-hybridized carbons (Fsp3) is 0.300. The standard InChI is InChI=1S/C20H16BrN5O/c1-12(27)26-6-5-17-16(9-26)18(13-3-2-4-14(21)7-13)15(8-22)19(25)20(17,10-23)11-24/h2-5,7,16,18H,6,9,25H2,1H3. The van der Waals surface area contributed by atoms with E-state index in [4.69, 9.17) is 5.73 Å². The summed E-state index contributed by atoms with van der Waals surface area (Å²) in [6.07, 6.45) is 1.74. The van der Waals surface area contributed by atoms with Crippen molar-refractivity contribution < 1.29 is 4.79 Å². The van der Waals surface area contributed by atoms with E-state index in [1.54, 1.807) is 11.0 Å². The number of benzene rings is 1. The molecule has 0 spiro atoms. The summed E-state index contributed by atoms with van der Waals surface area (Å²) in [7, 11) is 0. The molecule has 0 saturated heterocycles. The van der Waals surface area contributed by atoms with Gasteiger partial charge in [-0.05, 0) is 23.3 Å². The molecule has 0 saturated carbocycles. The largest absolute Gasteiger partial charge is 0.399 e. The van der Waals surface area contributed by atoms with Crippen molar-refractivity contribution in [2.24, 2.45) is 17.1 Å². The van der Waals surface area contributed by atoms with Crippen molar-refractivity contribution in [3.63, 3.8) is 0 Å². The average Bonchev–Trinajstić information content (AvgIpc) is 2.67. The molecule has 1 aromatic rings. The smallest absolute Gasteiger partial charge is 0.219 e. The Bertz CT molecular complexity index is 990. The summed E-state index contributed by atoms with van der Waals surface area (Å²) >= 11 is 3.44. The van der Waals surface area contributed by atoms with Gasteiger partial charge in [0.1, 0.15) is 0 Å². The molecule has 27 heavy (non-hydrogen) atoms. The topological polar surface area (TPSA) is 118 Å². The Morgan fingerprint density at radius 2 is 2.04 bits per heavy atom. The van der Waals surface area contributed by atoms with Crippen LogP contribution in [0.2, 0.25) is 0 Å². The maximum atomic E-state index is 11.9. The van der Waals surface area contributed by atoms with Crippen LogP contribution in [0.3, 0.4) is 0 Å². The third-order valence-corrected chi connectivity index (χ3v) is 5.79. The predicted octanol–water partition coefficient (Wildman–Crippen LogP) is 2.72. The first-order chi connectivity index (χ1) is 12.9. The summed E-state index contributed by atoms with van der Waals surface area (Å²) in [6, 6.07) is 13.7. The molecule has 0 bridgehead atoms. The van der Waals surface area contributed by atoms with Gasteiger partial charge in [0, 0.05) is 36.3 Å². The van der Waals surface area contributed by atoms with Gasteiger partial charge in [-0.25, -0.2) is 0 Å². The molecule has 1 aliphatic carbocycles. The van der Waals surface area contributed by atoms with E-state index in [1.165, 1.54) is 6.92 Å². The molecule has 1 heterocycles. The molecule has 134 valence electrons. The van der Waals surface area contributed by atoms with E-state index in [0.717, 1.165) is 10.0 Å². The second-order valence-electron chi connectivity index (χ2n) is 6.64. The van der Waals surface area contributed by atoms with Gasteiger partial charge in [0.25, 0.3) is 0 Å². The minimum atomic E-state index is -1.68. The first-order valence-electron chi connectivity index (χ1n) is 8.33. The number of allylic oxidation sites excluding steroid dienone is 2. The first kappa shape index (κ1) is 18.7. The second-order valence-corrected chi connectivity index (χ2v) is 7.55. The van der Waals surface area contributed by atoms with Crippen LogP contribution >= 0.6 is 15.9 Å². The number of carbonyl (C=O) groups is 1. The summed E-state index contributed by atoms with van der Waals surface area (Å²) < 4.78 is 0.845. The maximum Gasteiger partial charge on any atom is 0.219 e. The lowest BCUT2D eigenvalue weighted by atomic mass is 9.60. The first-order valence-corrected chi connectivity index (χ1v) is 9.13. The molecule has 1 aliphatic heterocycles. The van der Waals surface area contributed by atoms with Crippen LogP contribution in [0.5, 0.6) is 0 Å². The van der Waals surface area contributed by atoms with Crippen LogP contribution in [-0.4, -0.2) is 23.9 Å². The van der Waals surface area contributed by atoms with Gasteiger partial charge in [0.15, 0.2) is 0 Å². The summed E-state index contributed by atoms with van der Waals surface area (Å²) in [5, 5.41) is 29.5. The molecule has 0 radical (unpaired) electrons. The number of fused-ring (bicyclic) bond motifs is 1. The predicted molar refractivity (Wildman–Crippen MR) is 101 cm³/mol. The number of nitrogens with two attached hydrogens (primary N) is 1. The lowest BCUT2D eigenvalue weighted by molar-refractivity contribution is -0.129. The van der Waals surface area contributed by atoms with Gasteiger partial charge in [0.05, 0.1) is 29.5 Å². The minimum Gasteiger partial charge on any atom is -0.399 e. The van der Waals surface area contributed by atoms with E-state index < -0.39 is 11.3 Å². The molecular weight excluding hydrogens is 406 g/mol. The van der Waals surface area contributed by atoms with E-state index in [9.17, 15) is 20.6 Å². The minimum absolute atomic E-state index is 0.0150. The van der Waals surface area contributed by atoms with E-state index in [-0.39, 0.29) is 23.1 Å². The second kappa shape index (κ2) is 6.91. The number of nitrogens with zero attached hydrogens (tertiary/aromatic N) is 4. The molecule has 0 aromatic heterocycles. The van der Waals surface area contributed by atoms with Crippen LogP contribution in [0, 0.1) is 45.3 Å². The fourth-order valence-electron chi connectivity index (χ4n) is 3.97. The van der Waals surface area contributed by atoms with Crippen LogP contribution in [0.1, 0.15) is 18.4 Å². The van der Waals surface area contributed by atoms with E-state index in [2.05, 4.69) is 22.0 Å². The zero-order valence-electron chi connectivity index (χ0n) is 14.6. The van der Waals surface area contributed by atoms with Crippen molar-refractivity contribution in [2.45, 2.75) is 12.8 Å². The van der Waals surface area contributed by atoms with Crippen molar-refractivity contribution in [3.8, 4) is 18.2 Å². The normalized spacial score (nSPS) is 23.4. The third kappa shape index (κ3) is 2.79. The molecular formula is C20H16BrN5O. The summed E-state index contributed by atoms with van der Waals surface area (Å²) in [5.41, 5.74) is 6.17. The zero-order chi connectivity index (χ0) is 19.8. The third-order valence-electron chi connectivity index (χ3n) is 5.30. The fourth-order valence-corrected chi connectivity index (χ4v) is 4.39. The highest BCUT2D eigenvalue weighted by atomic mass is 79.9. The SMILES string of the molecule is CC(=O)N1CC=C2C(C1)C(c1cccc(Br)c1)C(C#N)=C(N)C2(C#N)C#N. The number of nitriles is 3. The number of amides is 1. The lowest BCUT2D eigenvalue weighted by Crippen LogP contribution is -2.48. The molecule has 2 aliphatic rings. The number of halogens is 1. The van der Waals surface area contributed by atoms with Crippen molar-refractivity contribution >= 4 is 21.8 Å². The van der Waals surface area contributed by atoms with Crippen molar-refractivity contribution in [1.82, 2.24) is 4.90 Å². The van der Waals surface area contributed by atoms with Gasteiger partial charge in [-0.3, -0.25) is 4.79 Å². The molecule has 2 unspecified atom stereocenters. The number of hydrogen-bond donors (Lipinski definition) is 1. The van der Waals surface area contributed by atoms with Crippen LogP contribution in [0.25, 0.3) is 0 Å². The van der Waals surface area contributed by atoms with Crippen molar-refractivity contribution in [1.29, 1.82) is 15.8 Å². The number of carbonyl (C=O) groups excluding carboxylic acids is 1. The molecule has 1 aromatic carbocycles. The highest BCUT2D eigenvalue weighted by Gasteiger charge is 2.52. The number of hydrogen-bond acceptors (Lipinski definition) is 5. The van der Waals surface area contributed by atoms with Crippen LogP contribution in [0.4, 0.5) is 0 Å².